The molecule has 5 rings (SSSR count). The number of anilines is 2. The molecule has 2 aliphatic rings. The number of amides is 3. The molecule has 0 atom stereocenters. The van der Waals surface area contributed by atoms with Gasteiger partial charge in [0.05, 0.1) is 4.91 Å². The van der Waals surface area contributed by atoms with Crippen molar-refractivity contribution < 1.29 is 19.1 Å². The van der Waals surface area contributed by atoms with Crippen molar-refractivity contribution in [2.45, 2.75) is 20.5 Å². The van der Waals surface area contributed by atoms with Crippen LogP contribution in [0.1, 0.15) is 25.0 Å². The van der Waals surface area contributed by atoms with Crippen LogP contribution >= 0.6 is 11.8 Å². The molecule has 3 aromatic carbocycles. The minimum Gasteiger partial charge on any atom is -0.488 e. The first-order valence-electron chi connectivity index (χ1n) is 14.4. The third-order valence-electron chi connectivity index (χ3n) is 7.57. The monoisotopic (exact) mass is 584 g/mol. The summed E-state index contributed by atoms with van der Waals surface area (Å²) in [6, 6.07) is 25.9. The van der Waals surface area contributed by atoms with Crippen molar-refractivity contribution in [3.8, 4) is 5.75 Å². The normalized spacial score (nSPS) is 16.3. The maximum absolute atomic E-state index is 13.3. The first-order chi connectivity index (χ1) is 20.5. The summed E-state index contributed by atoms with van der Waals surface area (Å²) in [6.45, 7) is 8.50. The van der Waals surface area contributed by atoms with Crippen molar-refractivity contribution in [2.75, 3.05) is 55.6 Å². The summed E-state index contributed by atoms with van der Waals surface area (Å²) in [5, 5.41) is -0.436. The Balaban J connectivity index is 1.28. The Morgan fingerprint density at radius 1 is 0.905 bits per heavy atom. The van der Waals surface area contributed by atoms with E-state index in [1.165, 1.54) is 0 Å². The van der Waals surface area contributed by atoms with Crippen LogP contribution in [0.3, 0.4) is 0 Å². The molecule has 0 N–H and O–H groups in total. The molecule has 218 valence electrons. The van der Waals surface area contributed by atoms with Crippen molar-refractivity contribution >= 4 is 46.3 Å². The Labute approximate surface area is 251 Å². The van der Waals surface area contributed by atoms with Crippen molar-refractivity contribution in [3.05, 3.63) is 94.9 Å². The number of carbonyl (C=O) groups excluding carboxylic acids is 3. The first-order valence-corrected chi connectivity index (χ1v) is 15.2. The topological polar surface area (TPSA) is 73.4 Å². The van der Waals surface area contributed by atoms with Gasteiger partial charge in [-0.3, -0.25) is 19.3 Å². The minimum atomic E-state index is -0.455. The molecule has 3 aromatic rings. The van der Waals surface area contributed by atoms with Crippen LogP contribution in [0, 0.1) is 0 Å². The second-order valence-corrected chi connectivity index (χ2v) is 11.1. The molecule has 2 heterocycles. The number of para-hydroxylation sites is 1. The number of ether oxygens (including phenoxy) is 1. The number of thioether (sulfide) groups is 1. The zero-order valence-corrected chi connectivity index (χ0v) is 24.9. The van der Waals surface area contributed by atoms with Crippen LogP contribution in [0.15, 0.2) is 83.8 Å². The van der Waals surface area contributed by atoms with Gasteiger partial charge in [-0.25, -0.2) is 0 Å². The fourth-order valence-corrected chi connectivity index (χ4v) is 5.98. The third kappa shape index (κ3) is 6.79. The van der Waals surface area contributed by atoms with Gasteiger partial charge in [0.25, 0.3) is 11.1 Å². The van der Waals surface area contributed by atoms with Crippen molar-refractivity contribution in [3.63, 3.8) is 0 Å². The Morgan fingerprint density at radius 3 is 2.24 bits per heavy atom. The molecule has 2 fully saturated rings. The van der Waals surface area contributed by atoms with Gasteiger partial charge in [0.15, 0.2) is 0 Å². The summed E-state index contributed by atoms with van der Waals surface area (Å²) in [5.74, 6) is -0.0489. The van der Waals surface area contributed by atoms with E-state index in [2.05, 4.69) is 35.8 Å². The van der Waals surface area contributed by atoms with E-state index in [9.17, 15) is 14.4 Å². The quantitative estimate of drug-likeness (QED) is 0.292. The van der Waals surface area contributed by atoms with Gasteiger partial charge in [0.2, 0.25) is 5.91 Å². The number of benzene rings is 3. The number of imide groups is 1. The zero-order chi connectivity index (χ0) is 29.5. The van der Waals surface area contributed by atoms with Crippen LogP contribution in [0.25, 0.3) is 6.08 Å². The van der Waals surface area contributed by atoms with Crippen LogP contribution in [0.4, 0.5) is 16.2 Å². The molecular weight excluding hydrogens is 548 g/mol. The maximum atomic E-state index is 13.3. The first kappa shape index (κ1) is 29.3. The summed E-state index contributed by atoms with van der Waals surface area (Å²) in [6.07, 6.45) is 1.69. The zero-order valence-electron chi connectivity index (χ0n) is 24.1. The maximum Gasteiger partial charge on any atom is 0.294 e. The molecule has 0 aromatic heterocycles. The lowest BCUT2D eigenvalue weighted by molar-refractivity contribution is -0.136. The predicted molar refractivity (Wildman–Crippen MR) is 169 cm³/mol. The highest BCUT2D eigenvalue weighted by atomic mass is 32.2. The van der Waals surface area contributed by atoms with Crippen LogP contribution < -0.4 is 14.5 Å². The van der Waals surface area contributed by atoms with Crippen LogP contribution in [-0.2, 0) is 16.2 Å². The molecule has 8 nitrogen and oxygen atoms in total. The molecule has 3 amide bonds. The summed E-state index contributed by atoms with van der Waals surface area (Å²) in [7, 11) is 0. The smallest absolute Gasteiger partial charge is 0.294 e. The van der Waals surface area contributed by atoms with Gasteiger partial charge >= 0.3 is 0 Å². The highest BCUT2D eigenvalue weighted by molar-refractivity contribution is 8.18. The minimum absolute atomic E-state index is 0.221. The van der Waals surface area contributed by atoms with Crippen LogP contribution in [0.5, 0.6) is 5.75 Å². The molecule has 0 aliphatic carbocycles. The van der Waals surface area contributed by atoms with E-state index < -0.39 is 11.1 Å². The Hall–Kier alpha value is -4.24. The van der Waals surface area contributed by atoms with E-state index in [-0.39, 0.29) is 17.4 Å². The van der Waals surface area contributed by atoms with Gasteiger partial charge in [0.1, 0.15) is 18.9 Å². The van der Waals surface area contributed by atoms with E-state index >= 15 is 0 Å². The van der Waals surface area contributed by atoms with Crippen molar-refractivity contribution in [1.82, 2.24) is 9.80 Å². The van der Waals surface area contributed by atoms with Crippen LogP contribution in [0.2, 0.25) is 0 Å². The number of piperazine rings is 1. The number of hydrogen-bond acceptors (Lipinski definition) is 7. The third-order valence-corrected chi connectivity index (χ3v) is 8.48. The van der Waals surface area contributed by atoms with E-state index in [4.69, 9.17) is 4.74 Å². The van der Waals surface area contributed by atoms with Gasteiger partial charge < -0.3 is 19.4 Å². The molecule has 0 saturated carbocycles. The molecule has 0 bridgehead atoms. The fourth-order valence-electron chi connectivity index (χ4n) is 5.15. The van der Waals surface area contributed by atoms with Gasteiger partial charge in [-0.1, -0.05) is 48.5 Å². The lowest BCUT2D eigenvalue weighted by Gasteiger charge is -2.36. The van der Waals surface area contributed by atoms with E-state index in [1.54, 1.807) is 11.0 Å². The number of rotatable bonds is 10. The van der Waals surface area contributed by atoms with Gasteiger partial charge in [-0.15, -0.1) is 0 Å². The van der Waals surface area contributed by atoms with E-state index in [1.807, 2.05) is 66.7 Å². The highest BCUT2D eigenvalue weighted by Crippen LogP contribution is 2.35. The predicted octanol–water partition coefficient (Wildman–Crippen LogP) is 5.50. The lowest BCUT2D eigenvalue weighted by Crippen LogP contribution is -2.51. The second kappa shape index (κ2) is 13.6. The summed E-state index contributed by atoms with van der Waals surface area (Å²) >= 11 is 0.859. The number of hydrogen-bond donors (Lipinski definition) is 0. The lowest BCUT2D eigenvalue weighted by atomic mass is 10.1. The summed E-state index contributed by atoms with van der Waals surface area (Å²) in [5.41, 5.74) is 3.88. The molecule has 9 heteroatoms. The SMILES string of the molecule is CCN(CC)c1ccc(/C=C2/SC(=O)N(CC(=O)N3CCN(c4ccccc4)CC3)C2=O)c(OCc2ccccc2)c1. The molecule has 42 heavy (non-hydrogen) atoms. The fraction of sp³-hybridized carbons (Fsp3) is 0.303. The van der Waals surface area contributed by atoms with E-state index in [0.29, 0.717) is 44.1 Å². The highest BCUT2D eigenvalue weighted by Gasteiger charge is 2.37. The molecule has 0 radical (unpaired) electrons. The summed E-state index contributed by atoms with van der Waals surface area (Å²) < 4.78 is 6.23. The van der Waals surface area contributed by atoms with Gasteiger partial charge in [0, 0.05) is 62.3 Å². The van der Waals surface area contributed by atoms with E-state index in [0.717, 1.165) is 46.7 Å². The Bertz CT molecular complexity index is 1430. The standard InChI is InChI=1S/C33H36N4O4S/c1-3-34(4-2)28-16-15-26(29(22-28)41-24-25-11-7-5-8-12-25)21-30-32(39)37(33(40)42-30)23-31(38)36-19-17-35(18-20-36)27-13-9-6-10-14-27/h5-16,21-22H,3-4,17-20,23-24H2,1-2H3/b30-21+. The largest absolute Gasteiger partial charge is 0.488 e. The van der Waals surface area contributed by atoms with Crippen molar-refractivity contribution in [1.29, 1.82) is 0 Å². The molecule has 0 spiro atoms. The van der Waals surface area contributed by atoms with Gasteiger partial charge in [-0.05, 0) is 61.5 Å². The van der Waals surface area contributed by atoms with Crippen LogP contribution in [-0.4, -0.2) is 72.7 Å². The van der Waals surface area contributed by atoms with Crippen molar-refractivity contribution in [2.24, 2.45) is 0 Å². The summed E-state index contributed by atoms with van der Waals surface area (Å²) in [4.78, 5) is 46.8. The number of nitrogens with zero attached hydrogens (tertiary/aromatic N) is 4. The molecule has 0 unspecified atom stereocenters. The average molecular weight is 585 g/mol. The van der Waals surface area contributed by atoms with Gasteiger partial charge in [-0.2, -0.15) is 0 Å². The Morgan fingerprint density at radius 2 is 1.57 bits per heavy atom. The number of carbonyl (C=O) groups is 3. The average Bonchev–Trinajstić information content (AvgIpc) is 3.29. The molecular formula is C33H36N4O4S. The second-order valence-electron chi connectivity index (χ2n) is 10.1. The molecule has 2 saturated heterocycles. The molecule has 2 aliphatic heterocycles. The Kier molecular flexibility index (Phi) is 9.48.